The number of rotatable bonds is 26. The van der Waals surface area contributed by atoms with Crippen LogP contribution in [0.25, 0.3) is 0 Å². The van der Waals surface area contributed by atoms with Crippen molar-refractivity contribution in [2.45, 2.75) is 225 Å². The Morgan fingerprint density at radius 3 is 1.76 bits per heavy atom. The SMILES string of the molecule is CC[Si](CC)(CC)O[C@H](CO[Si](c1ccccc1)(c1ccccc1)C(C)(C)C)C(C)(C)[C@H]1C[C@@H](C)[C@H](O)[C@](C[C@@H]2C[C@H](O[Si](C(C)C)(C(C)C)C(C)C)[C@@H](C)[C@H](CCOCc3ccc(OC)cc3)O2)(OC)O1. The van der Waals surface area contributed by atoms with Crippen LogP contribution in [0, 0.1) is 17.3 Å². The molecule has 0 aromatic heterocycles. The van der Waals surface area contributed by atoms with Crippen LogP contribution in [-0.2, 0) is 38.8 Å². The molecule has 0 spiro atoms. The minimum Gasteiger partial charge on any atom is -0.497 e. The summed E-state index contributed by atoms with van der Waals surface area (Å²) < 4.78 is 56.3. The fourth-order valence-corrected chi connectivity index (χ4v) is 26.0. The molecule has 2 fully saturated rings. The molecule has 1 N–H and O–H groups in total. The first-order valence-corrected chi connectivity index (χ1v) is 34.4. The third-order valence-corrected chi connectivity index (χ3v) is 33.5. The zero-order valence-electron chi connectivity index (χ0n) is 48.2. The van der Waals surface area contributed by atoms with E-state index in [-0.39, 0.29) is 47.4 Å². The molecule has 0 unspecified atom stereocenters. The largest absolute Gasteiger partial charge is 0.497 e. The van der Waals surface area contributed by atoms with Gasteiger partial charge in [0.25, 0.3) is 8.32 Å². The van der Waals surface area contributed by atoms with E-state index in [0.29, 0.717) is 62.1 Å². The Balaban J connectivity index is 1.51. The van der Waals surface area contributed by atoms with Crippen molar-refractivity contribution in [2.75, 3.05) is 27.4 Å². The zero-order chi connectivity index (χ0) is 53.3. The normalized spacial score (nSPS) is 25.3. The number of methoxy groups -OCH3 is 2. The van der Waals surface area contributed by atoms with E-state index in [1.165, 1.54) is 10.4 Å². The van der Waals surface area contributed by atoms with E-state index in [1.54, 1.807) is 14.2 Å². The molecule has 9 nitrogen and oxygen atoms in total. The Kier molecular flexibility index (Phi) is 21.7. The van der Waals surface area contributed by atoms with E-state index >= 15 is 0 Å². The fraction of sp³-hybridized carbons (Fsp3) is 0.700. The summed E-state index contributed by atoms with van der Waals surface area (Å²) in [6.45, 7) is 38.6. The summed E-state index contributed by atoms with van der Waals surface area (Å²) in [5.41, 5.74) is 1.83. The summed E-state index contributed by atoms with van der Waals surface area (Å²) in [4.78, 5) is 0. The van der Waals surface area contributed by atoms with Gasteiger partial charge >= 0.3 is 0 Å². The van der Waals surface area contributed by atoms with Crippen LogP contribution in [0.1, 0.15) is 142 Å². The molecule has 3 aromatic rings. The standard InChI is InChI=1S/C60H100O9Si3/c1-19-70(20-2,21-3)69-56(42-65-72(58(12,13)14,51-28-24-22-25-29-51)52-30-26-23-27-31-52)59(15,16)55-38-46(10)57(61)60(63-18,67-55)40-50-39-54(68-71(43(4)5,44(6)7)45(8)9)47(11)53(66-50)36-37-64-41-48-32-34-49(62-17)35-33-48/h22-35,43-47,50,53-57,61H,19-21,36-42H2,1-18H3/t46-,47+,50+,53+,54+,55-,56-,57+,60-/m1/s1. The van der Waals surface area contributed by atoms with Crippen LogP contribution in [0.4, 0.5) is 0 Å². The molecule has 72 heavy (non-hydrogen) atoms. The molecule has 0 aliphatic carbocycles. The Hall–Kier alpha value is -2.21. The maximum atomic E-state index is 12.5. The van der Waals surface area contributed by atoms with Crippen molar-refractivity contribution in [1.29, 1.82) is 0 Å². The highest BCUT2D eigenvalue weighted by atomic mass is 28.4. The highest BCUT2D eigenvalue weighted by Gasteiger charge is 2.58. The molecule has 9 atom stereocenters. The molecule has 2 aliphatic rings. The van der Waals surface area contributed by atoms with Crippen molar-refractivity contribution in [3.05, 3.63) is 90.5 Å². The number of hydrogen-bond donors (Lipinski definition) is 1. The highest BCUT2D eigenvalue weighted by Crippen LogP contribution is 2.50. The van der Waals surface area contributed by atoms with Gasteiger partial charge in [0.1, 0.15) is 11.9 Å². The first-order valence-electron chi connectivity index (χ1n) is 27.8. The van der Waals surface area contributed by atoms with Crippen molar-refractivity contribution < 1.29 is 42.1 Å². The second kappa shape index (κ2) is 25.8. The second-order valence-electron chi connectivity index (χ2n) is 24.2. The van der Waals surface area contributed by atoms with Crippen molar-refractivity contribution in [3.63, 3.8) is 0 Å². The van der Waals surface area contributed by atoms with Crippen LogP contribution in [0.5, 0.6) is 5.75 Å². The summed E-state index contributed by atoms with van der Waals surface area (Å²) in [5, 5.41) is 14.8. The summed E-state index contributed by atoms with van der Waals surface area (Å²) in [6.07, 6.45) is 0.404. The molecule has 0 bridgehead atoms. The lowest BCUT2D eigenvalue weighted by atomic mass is 9.73. The van der Waals surface area contributed by atoms with Gasteiger partial charge in [0.05, 0.1) is 50.8 Å². The lowest BCUT2D eigenvalue weighted by Gasteiger charge is -2.55. The first-order chi connectivity index (χ1) is 34.0. The van der Waals surface area contributed by atoms with E-state index in [0.717, 1.165) is 29.4 Å². The van der Waals surface area contributed by atoms with E-state index in [1.807, 2.05) is 12.1 Å². The Bertz CT molecular complexity index is 1970. The van der Waals surface area contributed by atoms with Gasteiger partial charge in [0, 0.05) is 31.5 Å². The average Bonchev–Trinajstić information content (AvgIpc) is 3.35. The monoisotopic (exact) mass is 1050 g/mol. The van der Waals surface area contributed by atoms with Gasteiger partial charge in [-0.05, 0) is 93.0 Å². The van der Waals surface area contributed by atoms with E-state index in [9.17, 15) is 5.11 Å². The first kappa shape index (κ1) is 60.7. The minimum absolute atomic E-state index is 0.0415. The van der Waals surface area contributed by atoms with E-state index < -0.39 is 42.3 Å². The van der Waals surface area contributed by atoms with Crippen molar-refractivity contribution in [1.82, 2.24) is 0 Å². The zero-order valence-corrected chi connectivity index (χ0v) is 51.2. The van der Waals surface area contributed by atoms with Gasteiger partial charge in [-0.25, -0.2) is 0 Å². The van der Waals surface area contributed by atoms with Gasteiger partial charge in [-0.15, -0.1) is 0 Å². The van der Waals surface area contributed by atoms with Crippen molar-refractivity contribution in [2.24, 2.45) is 17.3 Å². The molecule has 406 valence electrons. The van der Waals surface area contributed by atoms with Crippen LogP contribution in [0.2, 0.25) is 39.8 Å². The lowest BCUT2D eigenvalue weighted by Crippen LogP contribution is -2.68. The van der Waals surface area contributed by atoms with Gasteiger partial charge in [0.15, 0.2) is 14.1 Å². The smallest absolute Gasteiger partial charge is 0.261 e. The predicted octanol–water partition coefficient (Wildman–Crippen LogP) is 13.5. The molecule has 3 aromatic carbocycles. The van der Waals surface area contributed by atoms with Crippen molar-refractivity contribution in [3.8, 4) is 5.75 Å². The molecular weight excluding hydrogens is 949 g/mol. The number of benzene rings is 3. The van der Waals surface area contributed by atoms with Crippen molar-refractivity contribution >= 4 is 35.3 Å². The number of aliphatic hydroxyl groups is 1. The summed E-state index contributed by atoms with van der Waals surface area (Å²) >= 11 is 0. The molecular formula is C60H100O9Si3. The molecule has 12 heteroatoms. The van der Waals surface area contributed by atoms with E-state index in [2.05, 4.69) is 184 Å². The lowest BCUT2D eigenvalue weighted by molar-refractivity contribution is -0.353. The Labute approximate surface area is 441 Å². The number of hydrogen-bond acceptors (Lipinski definition) is 9. The van der Waals surface area contributed by atoms with Crippen LogP contribution in [0.15, 0.2) is 84.9 Å². The minimum atomic E-state index is -2.94. The molecule has 2 aliphatic heterocycles. The third kappa shape index (κ3) is 13.1. The topological polar surface area (TPSA) is 94.1 Å². The van der Waals surface area contributed by atoms with Crippen LogP contribution >= 0.6 is 0 Å². The van der Waals surface area contributed by atoms with Gasteiger partial charge in [0.2, 0.25) is 8.32 Å². The summed E-state index contributed by atoms with van der Waals surface area (Å²) in [6, 6.07) is 32.9. The Morgan fingerprint density at radius 2 is 1.29 bits per heavy atom. The third-order valence-electron chi connectivity index (χ3n) is 17.7. The fourth-order valence-electron chi connectivity index (χ4n) is 12.9. The van der Waals surface area contributed by atoms with Gasteiger partial charge in [-0.3, -0.25) is 0 Å². The second-order valence-corrected chi connectivity index (χ2v) is 38.6. The molecule has 2 saturated heterocycles. The van der Waals surface area contributed by atoms with Crippen LogP contribution < -0.4 is 15.1 Å². The highest BCUT2D eigenvalue weighted by molar-refractivity contribution is 6.99. The van der Waals surface area contributed by atoms with Gasteiger partial charge in [-0.1, -0.05) is 184 Å². The number of aliphatic hydroxyl groups excluding tert-OH is 1. The quantitative estimate of drug-likeness (QED) is 0.0623. The van der Waals surface area contributed by atoms with E-state index in [4.69, 9.17) is 37.0 Å². The maximum Gasteiger partial charge on any atom is 0.261 e. The van der Waals surface area contributed by atoms with Crippen LogP contribution in [0.3, 0.4) is 0 Å². The molecule has 0 amide bonds. The molecule has 0 saturated carbocycles. The number of ether oxygens (including phenoxy) is 5. The molecule has 2 heterocycles. The van der Waals surface area contributed by atoms with Gasteiger partial charge < -0.3 is 42.1 Å². The Morgan fingerprint density at radius 1 is 0.750 bits per heavy atom. The molecule has 0 radical (unpaired) electrons. The predicted molar refractivity (Wildman–Crippen MR) is 304 cm³/mol. The average molecular weight is 1050 g/mol. The molecule has 5 rings (SSSR count). The van der Waals surface area contributed by atoms with Crippen LogP contribution in [-0.4, -0.2) is 99.9 Å². The summed E-state index contributed by atoms with van der Waals surface area (Å²) in [5.74, 6) is -0.517. The summed E-state index contributed by atoms with van der Waals surface area (Å²) in [7, 11) is -4.06. The van der Waals surface area contributed by atoms with Gasteiger partial charge in [-0.2, -0.15) is 0 Å². The maximum absolute atomic E-state index is 12.5.